The summed E-state index contributed by atoms with van der Waals surface area (Å²) < 4.78 is 0. The average Bonchev–Trinajstić information content (AvgIpc) is 2.98. The molecular formula is C18H20N2O. The first-order valence-corrected chi connectivity index (χ1v) is 7.27. The fourth-order valence-corrected chi connectivity index (χ4v) is 2.53. The van der Waals surface area contributed by atoms with E-state index in [2.05, 4.69) is 35.8 Å². The Kier molecular flexibility index (Phi) is 4.34. The van der Waals surface area contributed by atoms with Gasteiger partial charge in [-0.2, -0.15) is 0 Å². The summed E-state index contributed by atoms with van der Waals surface area (Å²) >= 11 is 0. The van der Waals surface area contributed by atoms with Crippen LogP contribution in [0.5, 0.6) is 0 Å². The van der Waals surface area contributed by atoms with Gasteiger partial charge in [-0.3, -0.25) is 10.3 Å². The lowest BCUT2D eigenvalue weighted by Crippen LogP contribution is -2.36. The Morgan fingerprint density at radius 1 is 0.952 bits per heavy atom. The van der Waals surface area contributed by atoms with Crippen molar-refractivity contribution in [1.82, 2.24) is 5.48 Å². The molecule has 3 heteroatoms. The van der Waals surface area contributed by atoms with E-state index >= 15 is 0 Å². The molecule has 1 aliphatic heterocycles. The highest BCUT2D eigenvalue weighted by Gasteiger charge is 2.23. The zero-order chi connectivity index (χ0) is 14.5. The molecule has 0 saturated heterocycles. The lowest BCUT2D eigenvalue weighted by Gasteiger charge is -2.16. The van der Waals surface area contributed by atoms with E-state index in [1.807, 2.05) is 36.4 Å². The maximum Gasteiger partial charge on any atom is 0.121 e. The monoisotopic (exact) mass is 280 g/mol. The van der Waals surface area contributed by atoms with Gasteiger partial charge in [0, 0.05) is 18.2 Å². The Balaban J connectivity index is 1.60. The van der Waals surface area contributed by atoms with E-state index in [-0.39, 0.29) is 12.1 Å². The summed E-state index contributed by atoms with van der Waals surface area (Å²) in [5, 5.41) is 0. The van der Waals surface area contributed by atoms with Crippen LogP contribution in [0.25, 0.3) is 0 Å². The van der Waals surface area contributed by atoms with Crippen molar-refractivity contribution < 1.29 is 4.84 Å². The Hall–Kier alpha value is -2.10. The van der Waals surface area contributed by atoms with Crippen LogP contribution in [0.4, 0.5) is 0 Å². The normalized spacial score (nSPS) is 18.9. The molecule has 0 bridgehead atoms. The minimum Gasteiger partial charge on any atom is -0.325 e. The average molecular weight is 280 g/mol. The molecule has 0 unspecified atom stereocenters. The second-order valence-corrected chi connectivity index (χ2v) is 5.39. The van der Waals surface area contributed by atoms with Gasteiger partial charge in [0.15, 0.2) is 0 Å². The van der Waals surface area contributed by atoms with E-state index in [1.54, 1.807) is 0 Å². The van der Waals surface area contributed by atoms with E-state index in [4.69, 9.17) is 10.6 Å². The molecule has 3 nitrogen and oxygen atoms in total. The molecule has 2 atom stereocenters. The lowest BCUT2D eigenvalue weighted by atomic mass is 10.0. The summed E-state index contributed by atoms with van der Waals surface area (Å²) in [4.78, 5) is 5.60. The fraction of sp³-hybridized carbons (Fsp3) is 0.222. The quantitative estimate of drug-likeness (QED) is 0.885. The van der Waals surface area contributed by atoms with Crippen molar-refractivity contribution in [2.45, 2.75) is 25.0 Å². The van der Waals surface area contributed by atoms with Gasteiger partial charge in [-0.1, -0.05) is 60.7 Å². The van der Waals surface area contributed by atoms with Gasteiger partial charge in [0.2, 0.25) is 0 Å². The highest BCUT2D eigenvalue weighted by atomic mass is 16.7. The molecule has 2 aromatic carbocycles. The largest absolute Gasteiger partial charge is 0.325 e. The number of nitrogens with one attached hydrogen (secondary N) is 1. The maximum atomic E-state index is 6.26. The van der Waals surface area contributed by atoms with Crippen molar-refractivity contribution in [3.8, 4) is 0 Å². The van der Waals surface area contributed by atoms with Crippen molar-refractivity contribution in [2.24, 2.45) is 5.73 Å². The number of benzene rings is 2. The topological polar surface area (TPSA) is 47.3 Å². The molecule has 0 fully saturated rings. The minimum atomic E-state index is -0.0797. The molecular weight excluding hydrogens is 260 g/mol. The number of hydroxylamine groups is 1. The van der Waals surface area contributed by atoms with Gasteiger partial charge in [-0.15, -0.1) is 0 Å². The first-order valence-electron chi connectivity index (χ1n) is 7.27. The van der Waals surface area contributed by atoms with Crippen LogP contribution in [-0.4, -0.2) is 12.1 Å². The predicted octanol–water partition coefficient (Wildman–Crippen LogP) is 2.59. The Morgan fingerprint density at radius 2 is 1.57 bits per heavy atom. The number of nitrogens with two attached hydrogens (primary N) is 1. The van der Waals surface area contributed by atoms with E-state index < -0.39 is 0 Å². The Bertz CT molecular complexity index is 595. The van der Waals surface area contributed by atoms with Gasteiger partial charge < -0.3 is 5.73 Å². The number of rotatable bonds is 5. The molecule has 2 aromatic rings. The van der Waals surface area contributed by atoms with Gasteiger partial charge in [-0.25, -0.2) is 0 Å². The number of hydrogen-bond donors (Lipinski definition) is 2. The zero-order valence-corrected chi connectivity index (χ0v) is 11.9. The first-order chi connectivity index (χ1) is 10.3. The molecule has 1 aliphatic rings. The Morgan fingerprint density at radius 3 is 2.24 bits per heavy atom. The molecule has 3 N–H and O–H groups in total. The highest BCUT2D eigenvalue weighted by molar-refractivity contribution is 5.24. The molecule has 0 amide bonds. The van der Waals surface area contributed by atoms with Crippen LogP contribution in [-0.2, 0) is 17.7 Å². The standard InChI is InChI=1S/C18H20N2O/c19-17(12-15-9-5-2-6-10-15)18-13-16(20-21-18)11-14-7-3-1-4-8-14/h1-10,13,17-18,20H,11-12,19H2/t17-,18-/m1/s1. The molecule has 108 valence electrons. The third kappa shape index (κ3) is 3.72. The highest BCUT2D eigenvalue weighted by Crippen LogP contribution is 2.16. The Labute approximate surface area is 125 Å². The predicted molar refractivity (Wildman–Crippen MR) is 84.4 cm³/mol. The summed E-state index contributed by atoms with van der Waals surface area (Å²) in [5.41, 5.74) is 12.8. The summed E-state index contributed by atoms with van der Waals surface area (Å²) in [6, 6.07) is 20.6. The van der Waals surface area contributed by atoms with Gasteiger partial charge in [0.05, 0.1) is 0 Å². The van der Waals surface area contributed by atoms with Gasteiger partial charge in [0.1, 0.15) is 6.10 Å². The second-order valence-electron chi connectivity index (χ2n) is 5.39. The zero-order valence-electron chi connectivity index (χ0n) is 11.9. The van der Waals surface area contributed by atoms with E-state index in [9.17, 15) is 0 Å². The molecule has 0 aliphatic carbocycles. The maximum absolute atomic E-state index is 6.26. The van der Waals surface area contributed by atoms with Crippen molar-refractivity contribution in [3.63, 3.8) is 0 Å². The van der Waals surface area contributed by atoms with Crippen molar-refractivity contribution in [2.75, 3.05) is 0 Å². The van der Waals surface area contributed by atoms with Crippen molar-refractivity contribution >= 4 is 0 Å². The van der Waals surface area contributed by atoms with Gasteiger partial charge in [0.25, 0.3) is 0 Å². The van der Waals surface area contributed by atoms with Crippen LogP contribution in [0.2, 0.25) is 0 Å². The third-order valence-corrected chi connectivity index (χ3v) is 3.67. The number of hydrogen-bond acceptors (Lipinski definition) is 3. The molecule has 0 saturated carbocycles. The van der Waals surface area contributed by atoms with E-state index in [0.29, 0.717) is 0 Å². The van der Waals surface area contributed by atoms with Gasteiger partial charge in [-0.05, 0) is 23.6 Å². The SMILES string of the molecule is N[C@H](Cc1ccccc1)[C@H]1C=C(Cc2ccccc2)NO1. The van der Waals surface area contributed by atoms with E-state index in [1.165, 1.54) is 11.1 Å². The van der Waals surface area contributed by atoms with E-state index in [0.717, 1.165) is 18.5 Å². The van der Waals surface area contributed by atoms with Gasteiger partial charge >= 0.3 is 0 Å². The molecule has 3 rings (SSSR count). The first kappa shape index (κ1) is 13.9. The van der Waals surface area contributed by atoms with Crippen LogP contribution < -0.4 is 11.2 Å². The summed E-state index contributed by atoms with van der Waals surface area (Å²) in [6.45, 7) is 0. The molecule has 0 radical (unpaired) electrons. The number of allylic oxidation sites excluding steroid dienone is 1. The second kappa shape index (κ2) is 6.57. The van der Waals surface area contributed by atoms with Crippen LogP contribution in [0.3, 0.4) is 0 Å². The molecule has 21 heavy (non-hydrogen) atoms. The summed E-state index contributed by atoms with van der Waals surface area (Å²) in [5.74, 6) is 0. The van der Waals surface area contributed by atoms with Crippen molar-refractivity contribution in [1.29, 1.82) is 0 Å². The molecule has 0 spiro atoms. The van der Waals surface area contributed by atoms with Crippen LogP contribution in [0.15, 0.2) is 72.4 Å². The molecule has 1 heterocycles. The molecule has 0 aromatic heterocycles. The fourth-order valence-electron chi connectivity index (χ4n) is 2.53. The third-order valence-electron chi connectivity index (χ3n) is 3.67. The summed E-state index contributed by atoms with van der Waals surface area (Å²) in [6.07, 6.45) is 3.67. The van der Waals surface area contributed by atoms with Crippen LogP contribution in [0, 0.1) is 0 Å². The van der Waals surface area contributed by atoms with Crippen molar-refractivity contribution in [3.05, 3.63) is 83.6 Å². The smallest absolute Gasteiger partial charge is 0.121 e. The van der Waals surface area contributed by atoms with Crippen LogP contribution >= 0.6 is 0 Å². The van der Waals surface area contributed by atoms with Crippen LogP contribution in [0.1, 0.15) is 11.1 Å². The summed E-state index contributed by atoms with van der Waals surface area (Å²) in [7, 11) is 0. The lowest BCUT2D eigenvalue weighted by molar-refractivity contribution is 0.0279. The minimum absolute atomic E-state index is 0.0480.